The molecule has 136 valence electrons. The molecule has 6 nitrogen and oxygen atoms in total. The van der Waals surface area contributed by atoms with Gasteiger partial charge >= 0.3 is 0 Å². The number of amides is 1. The molecule has 2 aliphatic rings. The molecule has 0 spiro atoms. The zero-order valence-electron chi connectivity index (χ0n) is 13.6. The molecule has 0 atom stereocenters. The number of fused-ring (bicyclic) bond motifs is 2. The molecule has 26 heavy (non-hydrogen) atoms. The fourth-order valence-electron chi connectivity index (χ4n) is 2.90. The number of anilines is 2. The number of nitrogens with one attached hydrogen (secondary N) is 1. The maximum atomic E-state index is 13.2. The van der Waals surface area contributed by atoms with Crippen LogP contribution in [0.15, 0.2) is 46.2 Å². The predicted molar refractivity (Wildman–Crippen MR) is 102 cm³/mol. The monoisotopic (exact) mass is 410 g/mol. The van der Waals surface area contributed by atoms with Crippen LogP contribution in [0.4, 0.5) is 11.4 Å². The van der Waals surface area contributed by atoms with Gasteiger partial charge in [-0.1, -0.05) is 11.6 Å². The quantitative estimate of drug-likeness (QED) is 0.821. The number of sulfonamides is 1. The van der Waals surface area contributed by atoms with E-state index in [1.165, 1.54) is 22.1 Å². The lowest BCUT2D eigenvalue weighted by Gasteiger charge is -2.30. The third-order valence-corrected chi connectivity index (χ3v) is 7.26. The van der Waals surface area contributed by atoms with Gasteiger partial charge in [0.05, 0.1) is 22.8 Å². The molecule has 0 saturated heterocycles. The van der Waals surface area contributed by atoms with Crippen LogP contribution in [0, 0.1) is 0 Å². The summed E-state index contributed by atoms with van der Waals surface area (Å²) >= 11 is 7.57. The molecule has 1 N–H and O–H groups in total. The first-order chi connectivity index (χ1) is 12.4. The fraction of sp³-hybridized carbons (Fsp3) is 0.235. The SMILES string of the molecule is O=C1CCSc2ccc(S(=O)(=O)N3CCOc4ccc(Cl)cc43)cc2N1. The summed E-state index contributed by atoms with van der Waals surface area (Å²) < 4.78 is 33.3. The first-order valence-electron chi connectivity index (χ1n) is 7.97. The Balaban J connectivity index is 1.77. The average Bonchev–Trinajstić information content (AvgIpc) is 2.80. The third kappa shape index (κ3) is 3.13. The molecule has 1 amide bonds. The van der Waals surface area contributed by atoms with E-state index in [0.29, 0.717) is 34.3 Å². The van der Waals surface area contributed by atoms with Gasteiger partial charge in [-0.05, 0) is 36.4 Å². The van der Waals surface area contributed by atoms with Crippen LogP contribution >= 0.6 is 23.4 Å². The van der Waals surface area contributed by atoms with E-state index in [-0.39, 0.29) is 24.0 Å². The summed E-state index contributed by atoms with van der Waals surface area (Å²) in [6.07, 6.45) is 0.400. The van der Waals surface area contributed by atoms with Crippen molar-refractivity contribution in [2.45, 2.75) is 16.2 Å². The normalized spacial score (nSPS) is 16.8. The lowest BCUT2D eigenvalue weighted by Crippen LogP contribution is -2.38. The smallest absolute Gasteiger partial charge is 0.264 e. The van der Waals surface area contributed by atoms with Gasteiger partial charge in [0, 0.05) is 22.1 Å². The van der Waals surface area contributed by atoms with E-state index in [1.54, 1.807) is 30.3 Å². The van der Waals surface area contributed by atoms with Crippen LogP contribution in [0.25, 0.3) is 0 Å². The summed E-state index contributed by atoms with van der Waals surface area (Å²) in [4.78, 5) is 12.8. The van der Waals surface area contributed by atoms with E-state index >= 15 is 0 Å². The minimum absolute atomic E-state index is 0.116. The van der Waals surface area contributed by atoms with Crippen molar-refractivity contribution in [1.29, 1.82) is 0 Å². The Morgan fingerprint density at radius 3 is 2.88 bits per heavy atom. The first-order valence-corrected chi connectivity index (χ1v) is 10.8. The second-order valence-electron chi connectivity index (χ2n) is 5.84. The van der Waals surface area contributed by atoms with Gasteiger partial charge in [0.15, 0.2) is 0 Å². The minimum Gasteiger partial charge on any atom is -0.489 e. The number of benzene rings is 2. The predicted octanol–water partition coefficient (Wildman–Crippen LogP) is 3.36. The Morgan fingerprint density at radius 1 is 1.19 bits per heavy atom. The number of carbonyl (C=O) groups excluding carboxylic acids is 1. The number of halogens is 1. The van der Waals surface area contributed by atoms with Crippen molar-refractivity contribution in [2.75, 3.05) is 28.5 Å². The number of ether oxygens (including phenoxy) is 1. The van der Waals surface area contributed by atoms with Gasteiger partial charge < -0.3 is 10.1 Å². The number of nitrogens with zero attached hydrogens (tertiary/aromatic N) is 1. The third-order valence-electron chi connectivity index (χ3n) is 4.14. The van der Waals surface area contributed by atoms with Gasteiger partial charge in [0.2, 0.25) is 5.91 Å². The lowest BCUT2D eigenvalue weighted by molar-refractivity contribution is -0.115. The highest BCUT2D eigenvalue weighted by Crippen LogP contribution is 2.39. The van der Waals surface area contributed by atoms with E-state index in [1.807, 2.05) is 0 Å². The number of hydrogen-bond donors (Lipinski definition) is 1. The summed E-state index contributed by atoms with van der Waals surface area (Å²) in [5.74, 6) is 1.03. The highest BCUT2D eigenvalue weighted by Gasteiger charge is 2.31. The van der Waals surface area contributed by atoms with Gasteiger partial charge in [-0.2, -0.15) is 0 Å². The maximum absolute atomic E-state index is 13.2. The maximum Gasteiger partial charge on any atom is 0.264 e. The van der Waals surface area contributed by atoms with E-state index < -0.39 is 10.0 Å². The Hall–Kier alpha value is -1.90. The van der Waals surface area contributed by atoms with Crippen molar-refractivity contribution in [1.82, 2.24) is 0 Å². The zero-order valence-corrected chi connectivity index (χ0v) is 16.0. The molecule has 0 aliphatic carbocycles. The summed E-state index contributed by atoms with van der Waals surface area (Å²) in [6.45, 7) is 0.444. The summed E-state index contributed by atoms with van der Waals surface area (Å²) in [5, 5.41) is 3.21. The fourth-order valence-corrected chi connectivity index (χ4v) is 5.48. The molecule has 9 heteroatoms. The largest absolute Gasteiger partial charge is 0.489 e. The molecule has 0 fully saturated rings. The van der Waals surface area contributed by atoms with Gasteiger partial charge in [0.25, 0.3) is 10.0 Å². The van der Waals surface area contributed by atoms with Crippen LogP contribution < -0.4 is 14.4 Å². The average molecular weight is 411 g/mol. The molecule has 2 heterocycles. The molecule has 4 rings (SSSR count). The van der Waals surface area contributed by atoms with Crippen molar-refractivity contribution >= 4 is 50.7 Å². The van der Waals surface area contributed by atoms with Gasteiger partial charge in [-0.15, -0.1) is 11.8 Å². The van der Waals surface area contributed by atoms with Crippen LogP contribution in [-0.2, 0) is 14.8 Å². The Labute approximate surface area is 160 Å². The summed E-state index contributed by atoms with van der Waals surface area (Å²) in [5.41, 5.74) is 0.940. The molecule has 0 bridgehead atoms. The van der Waals surface area contributed by atoms with Crippen LogP contribution in [0.3, 0.4) is 0 Å². The molecular formula is C17H15ClN2O4S2. The van der Waals surface area contributed by atoms with Crippen molar-refractivity contribution in [2.24, 2.45) is 0 Å². The van der Waals surface area contributed by atoms with E-state index in [0.717, 1.165) is 4.90 Å². The molecule has 0 radical (unpaired) electrons. The number of carbonyl (C=O) groups is 1. The molecule has 0 aromatic heterocycles. The first kappa shape index (κ1) is 17.5. The molecular weight excluding hydrogens is 396 g/mol. The number of thioether (sulfide) groups is 1. The summed E-state index contributed by atoms with van der Waals surface area (Å²) in [6, 6.07) is 9.71. The van der Waals surface area contributed by atoms with Crippen molar-refractivity contribution in [3.05, 3.63) is 41.4 Å². The van der Waals surface area contributed by atoms with Crippen LogP contribution in [0.1, 0.15) is 6.42 Å². The number of rotatable bonds is 2. The van der Waals surface area contributed by atoms with Crippen LogP contribution in [0.2, 0.25) is 5.02 Å². The highest BCUT2D eigenvalue weighted by molar-refractivity contribution is 7.99. The lowest BCUT2D eigenvalue weighted by atomic mass is 10.2. The number of hydrogen-bond acceptors (Lipinski definition) is 5. The van der Waals surface area contributed by atoms with Gasteiger partial charge in [-0.3, -0.25) is 9.10 Å². The van der Waals surface area contributed by atoms with Gasteiger partial charge in [-0.25, -0.2) is 8.42 Å². The Kier molecular flexibility index (Phi) is 4.50. The van der Waals surface area contributed by atoms with Crippen molar-refractivity contribution in [3.8, 4) is 5.75 Å². The molecule has 0 unspecified atom stereocenters. The van der Waals surface area contributed by atoms with E-state index in [2.05, 4.69) is 5.32 Å². The zero-order chi connectivity index (χ0) is 18.3. The van der Waals surface area contributed by atoms with Crippen LogP contribution in [0.5, 0.6) is 5.75 Å². The molecule has 2 aromatic rings. The standard InChI is InChI=1S/C17H15ClN2O4S2/c18-11-1-3-15-14(9-11)20(6-7-24-15)26(22,23)12-2-4-16-13(10-12)19-17(21)5-8-25-16/h1-4,9-10H,5-8H2,(H,19,21). The van der Waals surface area contributed by atoms with E-state index in [9.17, 15) is 13.2 Å². The topological polar surface area (TPSA) is 75.7 Å². The molecule has 0 saturated carbocycles. The van der Waals surface area contributed by atoms with Gasteiger partial charge in [0.1, 0.15) is 12.4 Å². The van der Waals surface area contributed by atoms with Crippen LogP contribution in [-0.4, -0.2) is 33.2 Å². The second-order valence-corrected chi connectivity index (χ2v) is 9.28. The Bertz CT molecular complexity index is 994. The molecule has 2 aromatic carbocycles. The Morgan fingerprint density at radius 2 is 2.04 bits per heavy atom. The van der Waals surface area contributed by atoms with E-state index in [4.69, 9.17) is 16.3 Å². The highest BCUT2D eigenvalue weighted by atomic mass is 35.5. The van der Waals surface area contributed by atoms with Crippen molar-refractivity contribution in [3.63, 3.8) is 0 Å². The second kappa shape index (κ2) is 6.68. The molecule has 2 aliphatic heterocycles. The minimum atomic E-state index is -3.82. The van der Waals surface area contributed by atoms with Crippen molar-refractivity contribution < 1.29 is 17.9 Å². The summed E-state index contributed by atoms with van der Waals surface area (Å²) in [7, 11) is -3.82.